The molecule has 0 saturated heterocycles. The first-order valence-corrected chi connectivity index (χ1v) is 11.0. The van der Waals surface area contributed by atoms with Gasteiger partial charge in [0, 0.05) is 36.4 Å². The Morgan fingerprint density at radius 3 is 2.69 bits per heavy atom. The summed E-state index contributed by atoms with van der Waals surface area (Å²) in [6, 6.07) is 0. The van der Waals surface area contributed by atoms with E-state index < -0.39 is 18.4 Å². The third kappa shape index (κ3) is 5.75. The minimum atomic E-state index is -1.85. The number of hydrogen-bond donors (Lipinski definition) is 7. The van der Waals surface area contributed by atoms with E-state index in [0.717, 1.165) is 43.5 Å². The Morgan fingerprint density at radius 2 is 1.97 bits per heavy atom. The molecule has 2 atom stereocenters. The molecule has 174 valence electrons. The van der Waals surface area contributed by atoms with E-state index in [4.69, 9.17) is 5.73 Å². The van der Waals surface area contributed by atoms with E-state index in [9.17, 15) is 24.7 Å². The Balaban J connectivity index is 1.59. The highest BCUT2D eigenvalue weighted by atomic mass is 16.4. The van der Waals surface area contributed by atoms with Crippen LogP contribution in [0.2, 0.25) is 0 Å². The molecule has 3 heterocycles. The van der Waals surface area contributed by atoms with Gasteiger partial charge < -0.3 is 31.2 Å². The predicted molar refractivity (Wildman–Crippen MR) is 122 cm³/mol. The summed E-state index contributed by atoms with van der Waals surface area (Å²) in [6.07, 6.45) is 5.12. The second-order valence-electron chi connectivity index (χ2n) is 8.43. The van der Waals surface area contributed by atoms with Crippen LogP contribution in [0.4, 0.5) is 11.8 Å². The van der Waals surface area contributed by atoms with Crippen LogP contribution >= 0.6 is 0 Å². The number of nitrogen functional groups attached to an aromatic ring is 1. The number of anilines is 2. The van der Waals surface area contributed by atoms with Gasteiger partial charge in [-0.05, 0) is 37.5 Å². The molecule has 2 aromatic rings. The largest absolute Gasteiger partial charge is 0.508 e. The molecule has 0 amide bonds. The molecule has 1 aliphatic heterocycles. The molecule has 0 aliphatic carbocycles. The molecule has 3 rings (SSSR count). The third-order valence-electron chi connectivity index (χ3n) is 6.05. The molecule has 32 heavy (non-hydrogen) atoms. The first-order chi connectivity index (χ1) is 15.3. The Kier molecular flexibility index (Phi) is 8.05. The summed E-state index contributed by atoms with van der Waals surface area (Å²) in [5, 5.41) is 31.5. The van der Waals surface area contributed by atoms with Crippen molar-refractivity contribution in [3.63, 3.8) is 0 Å². The maximum Gasteiger partial charge on any atom is 0.508 e. The molecule has 0 radical (unpaired) electrons. The van der Waals surface area contributed by atoms with E-state index in [1.807, 2.05) is 0 Å². The molecule has 0 aromatic carbocycles. The highest BCUT2D eigenvalue weighted by Crippen LogP contribution is 2.36. The highest BCUT2D eigenvalue weighted by Gasteiger charge is 2.26. The van der Waals surface area contributed by atoms with Gasteiger partial charge in [0.25, 0.3) is 5.56 Å². The molecular formula is C20H31BN6O5. The summed E-state index contributed by atoms with van der Waals surface area (Å²) >= 11 is 0. The molecule has 0 bridgehead atoms. The van der Waals surface area contributed by atoms with Crippen molar-refractivity contribution in [1.29, 1.82) is 0 Å². The molecule has 8 N–H and O–H groups in total. The minimum absolute atomic E-state index is 0.0425. The number of nitrogens with two attached hydrogens (primary N) is 1. The van der Waals surface area contributed by atoms with Crippen LogP contribution < -0.4 is 27.9 Å². The van der Waals surface area contributed by atoms with Gasteiger partial charge >= 0.3 is 12.8 Å². The zero-order chi connectivity index (χ0) is 23.3. The first-order valence-electron chi connectivity index (χ1n) is 11.0. The molecule has 0 spiro atoms. The number of fused-ring (bicyclic) bond motifs is 1. The van der Waals surface area contributed by atoms with Gasteiger partial charge in [-0.3, -0.25) is 9.78 Å². The summed E-state index contributed by atoms with van der Waals surface area (Å²) in [6.45, 7) is 2.86. The van der Waals surface area contributed by atoms with Gasteiger partial charge in [0.1, 0.15) is 5.82 Å². The normalized spacial score (nSPS) is 16.3. The van der Waals surface area contributed by atoms with E-state index in [-0.39, 0.29) is 29.6 Å². The van der Waals surface area contributed by atoms with E-state index in [1.54, 1.807) is 0 Å². The predicted octanol–water partition coefficient (Wildman–Crippen LogP) is -1.01. The van der Waals surface area contributed by atoms with E-state index in [2.05, 4.69) is 32.2 Å². The number of aromatic nitrogens is 4. The minimum Gasteiger partial charge on any atom is -0.422 e. The molecule has 2 unspecified atom stereocenters. The number of nitrogens with zero attached hydrogens (tertiary/aromatic N) is 2. The molecular weight excluding hydrogens is 415 g/mol. The number of aliphatic hydroxyl groups is 1. The van der Waals surface area contributed by atoms with Gasteiger partial charge in [-0.15, -0.1) is 0 Å². The summed E-state index contributed by atoms with van der Waals surface area (Å²) < 4.78 is 0. The fourth-order valence-corrected chi connectivity index (χ4v) is 4.46. The van der Waals surface area contributed by atoms with Crippen LogP contribution in [-0.2, 0) is 12.8 Å². The monoisotopic (exact) mass is 446 g/mol. The second-order valence-corrected chi connectivity index (χ2v) is 8.43. The Labute approximate surface area is 185 Å². The van der Waals surface area contributed by atoms with Crippen molar-refractivity contribution in [2.45, 2.75) is 57.8 Å². The third-order valence-corrected chi connectivity index (χ3v) is 6.05. The number of rotatable bonds is 10. The van der Waals surface area contributed by atoms with Crippen molar-refractivity contribution >= 4 is 24.5 Å². The zero-order valence-corrected chi connectivity index (χ0v) is 18.2. The number of hydrogen-bond acceptors (Lipinski definition) is 9. The lowest BCUT2D eigenvalue weighted by molar-refractivity contribution is 0.297. The molecule has 11 nitrogen and oxygen atoms in total. The van der Waals surface area contributed by atoms with Gasteiger partial charge in [-0.25, -0.2) is 9.78 Å². The van der Waals surface area contributed by atoms with Crippen molar-refractivity contribution < 1.29 is 15.2 Å². The second kappa shape index (κ2) is 10.8. The topological polar surface area (TPSA) is 190 Å². The Morgan fingerprint density at radius 1 is 1.19 bits per heavy atom. The highest BCUT2D eigenvalue weighted by molar-refractivity contribution is 6.58. The summed E-state index contributed by atoms with van der Waals surface area (Å²) in [5.41, 5.74) is 6.54. The number of aromatic amines is 2. The standard InChI is InChI=1S/C20H31BN6O5/c1-11(3-2-4-13-16(21(31)32)25-19(22)27-18(13)29)5-6-12-7-9-23-17-15(12)14(8-10-28)24-20(30)26-17/h11-12,28,31-32H,2-10H2,1H3,(H3,22,25,27,29)(H2,23,24,26,30). The van der Waals surface area contributed by atoms with E-state index in [0.29, 0.717) is 31.0 Å². The van der Waals surface area contributed by atoms with Gasteiger partial charge in [-0.2, -0.15) is 4.98 Å². The lowest BCUT2D eigenvalue weighted by atomic mass is 9.80. The average molecular weight is 446 g/mol. The average Bonchev–Trinajstić information content (AvgIpc) is 2.73. The number of aliphatic hydroxyl groups excluding tert-OH is 1. The lowest BCUT2D eigenvalue weighted by Crippen LogP contribution is -2.41. The fourth-order valence-electron chi connectivity index (χ4n) is 4.46. The number of H-pyrrole nitrogens is 2. The summed E-state index contributed by atoms with van der Waals surface area (Å²) in [5.74, 6) is 1.11. The molecule has 2 aromatic heterocycles. The van der Waals surface area contributed by atoms with Crippen molar-refractivity contribution in [3.05, 3.63) is 37.7 Å². The quantitative estimate of drug-likeness (QED) is 0.224. The van der Waals surface area contributed by atoms with Gasteiger partial charge in [0.2, 0.25) is 0 Å². The van der Waals surface area contributed by atoms with Crippen LogP contribution in [0.15, 0.2) is 9.59 Å². The van der Waals surface area contributed by atoms with E-state index in [1.165, 1.54) is 0 Å². The van der Waals surface area contributed by atoms with Gasteiger partial charge in [0.05, 0.1) is 5.59 Å². The van der Waals surface area contributed by atoms with Crippen LogP contribution in [0.1, 0.15) is 61.8 Å². The van der Waals surface area contributed by atoms with Crippen LogP contribution in [-0.4, -0.2) is 55.4 Å². The smallest absolute Gasteiger partial charge is 0.422 e. The maximum absolute atomic E-state index is 12.1. The Hall–Kier alpha value is -2.70. The van der Waals surface area contributed by atoms with Gasteiger partial charge in [0.15, 0.2) is 5.95 Å². The van der Waals surface area contributed by atoms with Crippen LogP contribution in [0.25, 0.3) is 0 Å². The van der Waals surface area contributed by atoms with Crippen molar-refractivity contribution in [3.8, 4) is 0 Å². The molecule has 1 aliphatic rings. The van der Waals surface area contributed by atoms with Crippen LogP contribution in [0.5, 0.6) is 0 Å². The summed E-state index contributed by atoms with van der Waals surface area (Å²) in [4.78, 5) is 37.0. The maximum atomic E-state index is 12.1. The van der Waals surface area contributed by atoms with E-state index >= 15 is 0 Å². The van der Waals surface area contributed by atoms with Crippen molar-refractivity contribution in [1.82, 2.24) is 19.9 Å². The molecule has 12 heteroatoms. The van der Waals surface area contributed by atoms with Crippen molar-refractivity contribution in [2.24, 2.45) is 5.92 Å². The SMILES string of the molecule is CC(CCCc1c(B(O)O)nc(N)[nH]c1=O)CCC1CCNc2nc(=O)[nH]c(CCO)c21. The Bertz CT molecular complexity index is 1040. The molecule has 0 fully saturated rings. The first kappa shape index (κ1) is 24.0. The fraction of sp³-hybridized carbons (Fsp3) is 0.600. The number of nitrogens with one attached hydrogen (secondary N) is 3. The van der Waals surface area contributed by atoms with Crippen LogP contribution in [0.3, 0.4) is 0 Å². The van der Waals surface area contributed by atoms with Crippen molar-refractivity contribution in [2.75, 3.05) is 24.2 Å². The molecule has 0 saturated carbocycles. The summed E-state index contributed by atoms with van der Waals surface area (Å²) in [7, 11) is -1.85. The van der Waals surface area contributed by atoms with Crippen LogP contribution in [0, 0.1) is 5.92 Å². The lowest BCUT2D eigenvalue weighted by Gasteiger charge is -2.28. The van der Waals surface area contributed by atoms with Gasteiger partial charge in [-0.1, -0.05) is 19.8 Å². The zero-order valence-electron chi connectivity index (χ0n) is 18.2.